The fourth-order valence-electron chi connectivity index (χ4n) is 1.93. The highest BCUT2D eigenvalue weighted by Crippen LogP contribution is 2.14. The number of anilines is 1. The molecule has 0 aliphatic rings. The SMILES string of the molecule is CCCn1cc(CC)nc1N(C)CCCNC. The summed E-state index contributed by atoms with van der Waals surface area (Å²) in [6.45, 7) is 7.52. The van der Waals surface area contributed by atoms with Crippen molar-refractivity contribution in [2.75, 3.05) is 32.1 Å². The molecule has 1 N–H and O–H groups in total. The molecule has 1 rings (SSSR count). The minimum Gasteiger partial charge on any atom is -0.345 e. The van der Waals surface area contributed by atoms with E-state index in [9.17, 15) is 0 Å². The molecular formula is C13H26N4. The second kappa shape index (κ2) is 7.33. The van der Waals surface area contributed by atoms with Crippen LogP contribution >= 0.6 is 0 Å². The zero-order chi connectivity index (χ0) is 12.7. The number of rotatable bonds is 8. The molecule has 0 aliphatic heterocycles. The summed E-state index contributed by atoms with van der Waals surface area (Å²) in [5.41, 5.74) is 1.19. The third kappa shape index (κ3) is 4.04. The van der Waals surface area contributed by atoms with E-state index in [-0.39, 0.29) is 0 Å². The van der Waals surface area contributed by atoms with Gasteiger partial charge in [-0.05, 0) is 32.9 Å². The zero-order valence-corrected chi connectivity index (χ0v) is 11.7. The number of imidazole rings is 1. The zero-order valence-electron chi connectivity index (χ0n) is 11.7. The van der Waals surface area contributed by atoms with E-state index in [1.54, 1.807) is 0 Å². The summed E-state index contributed by atoms with van der Waals surface area (Å²) in [6.07, 6.45) is 5.49. The molecular weight excluding hydrogens is 212 g/mol. The van der Waals surface area contributed by atoms with Gasteiger partial charge in [0.2, 0.25) is 5.95 Å². The van der Waals surface area contributed by atoms with Crippen LogP contribution in [0.3, 0.4) is 0 Å². The summed E-state index contributed by atoms with van der Waals surface area (Å²) in [6, 6.07) is 0. The van der Waals surface area contributed by atoms with E-state index < -0.39 is 0 Å². The average molecular weight is 238 g/mol. The first-order chi connectivity index (χ1) is 8.22. The predicted octanol–water partition coefficient (Wildman–Crippen LogP) is 1.90. The highest BCUT2D eigenvalue weighted by molar-refractivity contribution is 5.32. The van der Waals surface area contributed by atoms with Crippen molar-refractivity contribution in [3.05, 3.63) is 11.9 Å². The van der Waals surface area contributed by atoms with Crippen LogP contribution in [0.1, 0.15) is 32.4 Å². The number of nitrogens with zero attached hydrogens (tertiary/aromatic N) is 3. The van der Waals surface area contributed by atoms with Crippen molar-refractivity contribution in [3.63, 3.8) is 0 Å². The standard InChI is InChI=1S/C13H26N4/c1-5-9-17-11-12(6-2)15-13(17)16(4)10-7-8-14-3/h11,14H,5-10H2,1-4H3. The maximum Gasteiger partial charge on any atom is 0.205 e. The van der Waals surface area contributed by atoms with Gasteiger partial charge in [-0.2, -0.15) is 0 Å². The van der Waals surface area contributed by atoms with Crippen molar-refractivity contribution in [2.24, 2.45) is 0 Å². The van der Waals surface area contributed by atoms with Crippen molar-refractivity contribution in [1.29, 1.82) is 0 Å². The predicted molar refractivity (Wildman–Crippen MR) is 73.7 cm³/mol. The smallest absolute Gasteiger partial charge is 0.205 e. The van der Waals surface area contributed by atoms with Crippen LogP contribution in [0.4, 0.5) is 5.95 Å². The van der Waals surface area contributed by atoms with Gasteiger partial charge in [-0.15, -0.1) is 0 Å². The summed E-state index contributed by atoms with van der Waals surface area (Å²) < 4.78 is 2.28. The van der Waals surface area contributed by atoms with Gasteiger partial charge in [-0.25, -0.2) is 4.98 Å². The first-order valence-corrected chi connectivity index (χ1v) is 6.64. The summed E-state index contributed by atoms with van der Waals surface area (Å²) in [5.74, 6) is 1.11. The van der Waals surface area contributed by atoms with E-state index in [2.05, 4.69) is 41.9 Å². The van der Waals surface area contributed by atoms with E-state index in [4.69, 9.17) is 4.98 Å². The molecule has 0 bridgehead atoms. The van der Waals surface area contributed by atoms with E-state index >= 15 is 0 Å². The van der Waals surface area contributed by atoms with Crippen LogP contribution in [0.5, 0.6) is 0 Å². The molecule has 0 fully saturated rings. The van der Waals surface area contributed by atoms with E-state index in [0.29, 0.717) is 0 Å². The molecule has 17 heavy (non-hydrogen) atoms. The van der Waals surface area contributed by atoms with Gasteiger partial charge < -0.3 is 14.8 Å². The normalized spacial score (nSPS) is 10.8. The van der Waals surface area contributed by atoms with Crippen LogP contribution in [-0.4, -0.2) is 36.7 Å². The van der Waals surface area contributed by atoms with Crippen molar-refractivity contribution < 1.29 is 0 Å². The van der Waals surface area contributed by atoms with Crippen molar-refractivity contribution in [2.45, 2.75) is 39.7 Å². The number of nitrogens with one attached hydrogen (secondary N) is 1. The van der Waals surface area contributed by atoms with Crippen LogP contribution in [0, 0.1) is 0 Å². The molecule has 4 nitrogen and oxygen atoms in total. The average Bonchev–Trinajstić information content (AvgIpc) is 2.73. The van der Waals surface area contributed by atoms with E-state index in [1.165, 1.54) is 5.69 Å². The molecule has 4 heteroatoms. The Labute approximate surface area is 105 Å². The molecule has 0 atom stereocenters. The van der Waals surface area contributed by atoms with Crippen molar-refractivity contribution in [3.8, 4) is 0 Å². The van der Waals surface area contributed by atoms with Crippen LogP contribution < -0.4 is 10.2 Å². The third-order valence-corrected chi connectivity index (χ3v) is 2.89. The molecule has 1 aromatic rings. The van der Waals surface area contributed by atoms with E-state index in [0.717, 1.165) is 44.8 Å². The monoisotopic (exact) mass is 238 g/mol. The topological polar surface area (TPSA) is 33.1 Å². The molecule has 98 valence electrons. The summed E-state index contributed by atoms with van der Waals surface area (Å²) in [7, 11) is 4.12. The summed E-state index contributed by atoms with van der Waals surface area (Å²) >= 11 is 0. The third-order valence-electron chi connectivity index (χ3n) is 2.89. The van der Waals surface area contributed by atoms with Gasteiger partial charge in [0.15, 0.2) is 0 Å². The molecule has 1 aromatic heterocycles. The number of aryl methyl sites for hydroxylation is 2. The Bertz CT molecular complexity index is 319. The quantitative estimate of drug-likeness (QED) is 0.702. The van der Waals surface area contributed by atoms with Gasteiger partial charge in [-0.1, -0.05) is 13.8 Å². The second-order valence-electron chi connectivity index (χ2n) is 4.46. The lowest BCUT2D eigenvalue weighted by atomic mass is 10.4. The Hall–Kier alpha value is -1.03. The van der Waals surface area contributed by atoms with Gasteiger partial charge in [0.1, 0.15) is 0 Å². The highest BCUT2D eigenvalue weighted by Gasteiger charge is 2.10. The Morgan fingerprint density at radius 1 is 1.41 bits per heavy atom. The van der Waals surface area contributed by atoms with Crippen LogP contribution in [0.2, 0.25) is 0 Å². The van der Waals surface area contributed by atoms with Gasteiger partial charge in [0.25, 0.3) is 0 Å². The molecule has 0 spiro atoms. The van der Waals surface area contributed by atoms with Gasteiger partial charge in [0.05, 0.1) is 5.69 Å². The minimum atomic E-state index is 1.01. The molecule has 0 aliphatic carbocycles. The fourth-order valence-corrected chi connectivity index (χ4v) is 1.93. The van der Waals surface area contributed by atoms with Gasteiger partial charge >= 0.3 is 0 Å². The first-order valence-electron chi connectivity index (χ1n) is 6.64. The molecule has 0 amide bonds. The first kappa shape index (κ1) is 14.0. The van der Waals surface area contributed by atoms with Crippen LogP contribution in [-0.2, 0) is 13.0 Å². The Morgan fingerprint density at radius 2 is 2.18 bits per heavy atom. The number of hydrogen-bond acceptors (Lipinski definition) is 3. The molecule has 1 heterocycles. The van der Waals surface area contributed by atoms with Crippen molar-refractivity contribution >= 4 is 5.95 Å². The second-order valence-corrected chi connectivity index (χ2v) is 4.46. The highest BCUT2D eigenvalue weighted by atomic mass is 15.3. The molecule has 0 saturated heterocycles. The van der Waals surface area contributed by atoms with Crippen LogP contribution in [0.15, 0.2) is 6.20 Å². The lowest BCUT2D eigenvalue weighted by molar-refractivity contribution is 0.647. The lowest BCUT2D eigenvalue weighted by Crippen LogP contribution is -2.25. The Morgan fingerprint density at radius 3 is 2.76 bits per heavy atom. The van der Waals surface area contributed by atoms with Crippen molar-refractivity contribution in [1.82, 2.24) is 14.9 Å². The summed E-state index contributed by atoms with van der Waals surface area (Å²) in [4.78, 5) is 6.95. The van der Waals surface area contributed by atoms with Gasteiger partial charge in [-0.3, -0.25) is 0 Å². The van der Waals surface area contributed by atoms with Crippen LogP contribution in [0.25, 0.3) is 0 Å². The molecule has 0 aromatic carbocycles. The lowest BCUT2D eigenvalue weighted by Gasteiger charge is -2.19. The Kier molecular flexibility index (Phi) is 6.05. The largest absolute Gasteiger partial charge is 0.345 e. The maximum atomic E-state index is 4.69. The molecule has 0 saturated carbocycles. The Balaban J connectivity index is 2.68. The minimum absolute atomic E-state index is 1.01. The maximum absolute atomic E-state index is 4.69. The number of hydrogen-bond donors (Lipinski definition) is 1. The molecule has 0 unspecified atom stereocenters. The van der Waals surface area contributed by atoms with E-state index in [1.807, 2.05) is 7.05 Å². The summed E-state index contributed by atoms with van der Waals surface area (Å²) in [5, 5.41) is 3.18. The number of aromatic nitrogens is 2. The fraction of sp³-hybridized carbons (Fsp3) is 0.769. The molecule has 0 radical (unpaired) electrons. The van der Waals surface area contributed by atoms with Gasteiger partial charge in [0, 0.05) is 26.3 Å².